The van der Waals surface area contributed by atoms with Crippen molar-refractivity contribution in [2.24, 2.45) is 5.92 Å². The normalized spacial score (nSPS) is 43.7. The lowest BCUT2D eigenvalue weighted by atomic mass is 9.95. The Morgan fingerprint density at radius 1 is 1.67 bits per heavy atom. The maximum Gasteiger partial charge on any atom is 0.0655 e. The SMILES string of the molecule is CCC1(C)CC(C)CO1. The number of rotatable bonds is 1. The van der Waals surface area contributed by atoms with Crippen LogP contribution in [0.5, 0.6) is 0 Å². The van der Waals surface area contributed by atoms with E-state index in [0.717, 1.165) is 18.9 Å². The Morgan fingerprint density at radius 2 is 2.33 bits per heavy atom. The van der Waals surface area contributed by atoms with E-state index in [9.17, 15) is 0 Å². The Bertz CT molecular complexity index is 101. The van der Waals surface area contributed by atoms with Gasteiger partial charge < -0.3 is 4.74 Å². The van der Waals surface area contributed by atoms with E-state index in [4.69, 9.17) is 4.74 Å². The smallest absolute Gasteiger partial charge is 0.0655 e. The molecule has 0 aromatic rings. The lowest BCUT2D eigenvalue weighted by molar-refractivity contribution is 0.0163. The molecule has 1 fully saturated rings. The molecule has 0 N–H and O–H groups in total. The Hall–Kier alpha value is -0.0400. The molecule has 1 heterocycles. The third-order valence-electron chi connectivity index (χ3n) is 2.24. The molecule has 0 spiro atoms. The number of hydrogen-bond acceptors (Lipinski definition) is 1. The molecule has 0 aromatic carbocycles. The Morgan fingerprint density at radius 3 is 2.56 bits per heavy atom. The molecule has 9 heavy (non-hydrogen) atoms. The second-order valence-corrected chi connectivity index (χ2v) is 3.42. The highest BCUT2D eigenvalue weighted by Crippen LogP contribution is 2.31. The summed E-state index contributed by atoms with van der Waals surface area (Å²) in [4.78, 5) is 0. The van der Waals surface area contributed by atoms with Gasteiger partial charge in [0.2, 0.25) is 0 Å². The summed E-state index contributed by atoms with van der Waals surface area (Å²) in [5, 5.41) is 0. The Kier molecular flexibility index (Phi) is 1.80. The molecule has 2 atom stereocenters. The zero-order valence-electron chi connectivity index (χ0n) is 6.61. The van der Waals surface area contributed by atoms with Gasteiger partial charge >= 0.3 is 0 Å². The lowest BCUT2D eigenvalue weighted by Crippen LogP contribution is -2.21. The number of ether oxygens (including phenoxy) is 1. The van der Waals surface area contributed by atoms with Crippen molar-refractivity contribution < 1.29 is 4.74 Å². The van der Waals surface area contributed by atoms with Crippen LogP contribution in [0.3, 0.4) is 0 Å². The van der Waals surface area contributed by atoms with Crippen molar-refractivity contribution in [3.8, 4) is 0 Å². The molecule has 0 aromatic heterocycles. The van der Waals surface area contributed by atoms with Gasteiger partial charge in [-0.15, -0.1) is 0 Å². The van der Waals surface area contributed by atoms with Crippen LogP contribution in [0.2, 0.25) is 0 Å². The van der Waals surface area contributed by atoms with Crippen LogP contribution >= 0.6 is 0 Å². The minimum absolute atomic E-state index is 0.208. The summed E-state index contributed by atoms with van der Waals surface area (Å²) in [7, 11) is 0. The molecule has 0 bridgehead atoms. The standard InChI is InChI=1S/C8H16O/c1-4-8(3)5-7(2)6-9-8/h7H,4-6H2,1-3H3. The van der Waals surface area contributed by atoms with Crippen molar-refractivity contribution >= 4 is 0 Å². The van der Waals surface area contributed by atoms with Gasteiger partial charge in [-0.05, 0) is 25.7 Å². The van der Waals surface area contributed by atoms with Crippen LogP contribution in [0, 0.1) is 5.92 Å². The molecule has 1 rings (SSSR count). The second kappa shape index (κ2) is 2.30. The topological polar surface area (TPSA) is 9.23 Å². The average molecular weight is 128 g/mol. The monoisotopic (exact) mass is 128 g/mol. The van der Waals surface area contributed by atoms with E-state index in [1.165, 1.54) is 6.42 Å². The predicted octanol–water partition coefficient (Wildman–Crippen LogP) is 2.21. The van der Waals surface area contributed by atoms with Crippen molar-refractivity contribution in [1.82, 2.24) is 0 Å². The summed E-state index contributed by atoms with van der Waals surface area (Å²) in [5.41, 5.74) is 0.208. The maximum atomic E-state index is 5.60. The van der Waals surface area contributed by atoms with Crippen LogP contribution in [-0.4, -0.2) is 12.2 Å². The molecule has 0 saturated carbocycles. The maximum absolute atomic E-state index is 5.60. The highest BCUT2D eigenvalue weighted by molar-refractivity contribution is 4.81. The highest BCUT2D eigenvalue weighted by atomic mass is 16.5. The van der Waals surface area contributed by atoms with Gasteiger partial charge in [-0.1, -0.05) is 13.8 Å². The van der Waals surface area contributed by atoms with E-state index in [0.29, 0.717) is 0 Å². The lowest BCUT2D eigenvalue weighted by Gasteiger charge is -2.20. The van der Waals surface area contributed by atoms with E-state index in [-0.39, 0.29) is 5.60 Å². The molecule has 1 aliphatic rings. The minimum atomic E-state index is 0.208. The molecule has 0 aliphatic carbocycles. The number of hydrogen-bond donors (Lipinski definition) is 0. The fourth-order valence-electron chi connectivity index (χ4n) is 1.44. The first-order valence-electron chi connectivity index (χ1n) is 3.80. The molecule has 54 valence electrons. The van der Waals surface area contributed by atoms with Crippen LogP contribution in [-0.2, 0) is 4.74 Å². The van der Waals surface area contributed by atoms with Crippen LogP contribution in [0.1, 0.15) is 33.6 Å². The molecular formula is C8H16O. The molecule has 1 heteroatoms. The quantitative estimate of drug-likeness (QED) is 0.526. The summed E-state index contributed by atoms with van der Waals surface area (Å²) in [6.45, 7) is 7.61. The summed E-state index contributed by atoms with van der Waals surface area (Å²) in [6.07, 6.45) is 2.39. The van der Waals surface area contributed by atoms with Gasteiger partial charge in [-0.2, -0.15) is 0 Å². The second-order valence-electron chi connectivity index (χ2n) is 3.42. The van der Waals surface area contributed by atoms with E-state index >= 15 is 0 Å². The van der Waals surface area contributed by atoms with Gasteiger partial charge in [0.05, 0.1) is 5.60 Å². The fourth-order valence-corrected chi connectivity index (χ4v) is 1.44. The fraction of sp³-hybridized carbons (Fsp3) is 1.00. The van der Waals surface area contributed by atoms with Gasteiger partial charge in [0.15, 0.2) is 0 Å². The summed E-state index contributed by atoms with van der Waals surface area (Å²) < 4.78 is 5.60. The average Bonchev–Trinajstić information content (AvgIpc) is 2.13. The Balaban J connectivity index is 2.45. The van der Waals surface area contributed by atoms with Crippen molar-refractivity contribution in [3.05, 3.63) is 0 Å². The van der Waals surface area contributed by atoms with Crippen LogP contribution in [0.15, 0.2) is 0 Å². The van der Waals surface area contributed by atoms with E-state index in [1.807, 2.05) is 0 Å². The molecule has 1 nitrogen and oxygen atoms in total. The largest absolute Gasteiger partial charge is 0.375 e. The van der Waals surface area contributed by atoms with Gasteiger partial charge in [0.1, 0.15) is 0 Å². The molecule has 1 aliphatic heterocycles. The summed E-state index contributed by atoms with van der Waals surface area (Å²) in [5.74, 6) is 0.773. The first-order valence-corrected chi connectivity index (χ1v) is 3.80. The van der Waals surface area contributed by atoms with E-state index < -0.39 is 0 Å². The van der Waals surface area contributed by atoms with Gasteiger partial charge in [-0.3, -0.25) is 0 Å². The third kappa shape index (κ3) is 1.45. The zero-order chi connectivity index (χ0) is 6.91. The van der Waals surface area contributed by atoms with Gasteiger partial charge in [0.25, 0.3) is 0 Å². The van der Waals surface area contributed by atoms with Crippen molar-refractivity contribution in [3.63, 3.8) is 0 Å². The molecule has 1 saturated heterocycles. The van der Waals surface area contributed by atoms with E-state index in [1.54, 1.807) is 0 Å². The van der Waals surface area contributed by atoms with Crippen LogP contribution in [0.4, 0.5) is 0 Å². The van der Waals surface area contributed by atoms with Crippen molar-refractivity contribution in [1.29, 1.82) is 0 Å². The first kappa shape index (κ1) is 7.07. The molecular weight excluding hydrogens is 112 g/mol. The minimum Gasteiger partial charge on any atom is -0.375 e. The molecule has 0 radical (unpaired) electrons. The third-order valence-corrected chi connectivity index (χ3v) is 2.24. The van der Waals surface area contributed by atoms with Gasteiger partial charge in [-0.25, -0.2) is 0 Å². The van der Waals surface area contributed by atoms with E-state index in [2.05, 4.69) is 20.8 Å². The van der Waals surface area contributed by atoms with Crippen molar-refractivity contribution in [2.75, 3.05) is 6.61 Å². The molecule has 2 unspecified atom stereocenters. The van der Waals surface area contributed by atoms with Gasteiger partial charge in [0, 0.05) is 6.61 Å². The molecule has 0 amide bonds. The summed E-state index contributed by atoms with van der Waals surface area (Å²) >= 11 is 0. The van der Waals surface area contributed by atoms with Crippen molar-refractivity contribution in [2.45, 2.75) is 39.2 Å². The Labute approximate surface area is 57.4 Å². The zero-order valence-corrected chi connectivity index (χ0v) is 6.61. The highest BCUT2D eigenvalue weighted by Gasteiger charge is 2.31. The summed E-state index contributed by atoms with van der Waals surface area (Å²) in [6, 6.07) is 0. The predicted molar refractivity (Wildman–Crippen MR) is 38.4 cm³/mol. The first-order chi connectivity index (χ1) is 4.16. The van der Waals surface area contributed by atoms with Crippen LogP contribution < -0.4 is 0 Å². The van der Waals surface area contributed by atoms with Crippen LogP contribution in [0.25, 0.3) is 0 Å².